The van der Waals surface area contributed by atoms with Gasteiger partial charge in [-0.1, -0.05) is 0 Å². The van der Waals surface area contributed by atoms with Crippen molar-refractivity contribution >= 4 is 17.5 Å². The largest absolute Gasteiger partial charge is 0.497 e. The van der Waals surface area contributed by atoms with Crippen LogP contribution < -0.4 is 9.64 Å². The van der Waals surface area contributed by atoms with Crippen molar-refractivity contribution in [2.24, 2.45) is 11.8 Å². The molecule has 2 aliphatic heterocycles. The lowest BCUT2D eigenvalue weighted by Crippen LogP contribution is -2.51. The molecule has 6 nitrogen and oxygen atoms in total. The van der Waals surface area contributed by atoms with Crippen LogP contribution in [0.1, 0.15) is 38.5 Å². The molecule has 29 heavy (non-hydrogen) atoms. The molecule has 1 saturated carbocycles. The highest BCUT2D eigenvalue weighted by atomic mass is 16.5. The molecule has 3 aliphatic rings. The van der Waals surface area contributed by atoms with Gasteiger partial charge in [0, 0.05) is 56.8 Å². The Morgan fingerprint density at radius 1 is 0.759 bits per heavy atom. The van der Waals surface area contributed by atoms with Crippen molar-refractivity contribution in [3.63, 3.8) is 0 Å². The van der Waals surface area contributed by atoms with Crippen LogP contribution in [0, 0.1) is 11.8 Å². The minimum Gasteiger partial charge on any atom is -0.497 e. The van der Waals surface area contributed by atoms with Crippen molar-refractivity contribution in [2.75, 3.05) is 51.3 Å². The number of hydrogen-bond acceptors (Lipinski definition) is 4. The number of amides is 2. The predicted molar refractivity (Wildman–Crippen MR) is 113 cm³/mol. The molecule has 0 aromatic heterocycles. The SMILES string of the molecule is COc1ccc(N2CCN(C(=O)C3CCC(C(=O)N4CCCC4)CC3)CC2)cc1. The maximum Gasteiger partial charge on any atom is 0.225 e. The minimum atomic E-state index is 0.102. The molecule has 1 aliphatic carbocycles. The van der Waals surface area contributed by atoms with Gasteiger partial charge in [-0.05, 0) is 62.8 Å². The molecule has 2 amide bonds. The number of carbonyl (C=O) groups excluding carboxylic acids is 2. The third kappa shape index (κ3) is 4.51. The van der Waals surface area contributed by atoms with Crippen molar-refractivity contribution in [1.29, 1.82) is 0 Å². The molecule has 2 heterocycles. The fourth-order valence-corrected chi connectivity index (χ4v) is 5.02. The summed E-state index contributed by atoms with van der Waals surface area (Å²) in [6.45, 7) is 5.13. The summed E-state index contributed by atoms with van der Waals surface area (Å²) in [5.41, 5.74) is 1.18. The van der Waals surface area contributed by atoms with Gasteiger partial charge in [0.25, 0.3) is 0 Å². The van der Waals surface area contributed by atoms with E-state index in [0.29, 0.717) is 11.8 Å². The van der Waals surface area contributed by atoms with Gasteiger partial charge in [0.15, 0.2) is 0 Å². The Hall–Kier alpha value is -2.24. The zero-order chi connectivity index (χ0) is 20.2. The third-order valence-corrected chi connectivity index (χ3v) is 6.87. The Morgan fingerprint density at radius 3 is 1.72 bits per heavy atom. The van der Waals surface area contributed by atoms with Crippen molar-refractivity contribution < 1.29 is 14.3 Å². The lowest BCUT2D eigenvalue weighted by Gasteiger charge is -2.39. The average molecular weight is 400 g/mol. The Bertz CT molecular complexity index is 699. The van der Waals surface area contributed by atoms with E-state index in [9.17, 15) is 9.59 Å². The van der Waals surface area contributed by atoms with Gasteiger partial charge in [0.1, 0.15) is 5.75 Å². The van der Waals surface area contributed by atoms with E-state index >= 15 is 0 Å². The lowest BCUT2D eigenvalue weighted by atomic mass is 9.80. The van der Waals surface area contributed by atoms with Crippen LogP contribution >= 0.6 is 0 Å². The first-order valence-electron chi connectivity index (χ1n) is 11.1. The Kier molecular flexibility index (Phi) is 6.26. The molecule has 0 spiro atoms. The quantitative estimate of drug-likeness (QED) is 0.781. The van der Waals surface area contributed by atoms with Gasteiger partial charge in [0.2, 0.25) is 11.8 Å². The molecular formula is C23H33N3O3. The number of hydrogen-bond donors (Lipinski definition) is 0. The molecule has 0 radical (unpaired) electrons. The number of methoxy groups -OCH3 is 1. The van der Waals surface area contributed by atoms with E-state index in [1.807, 2.05) is 21.9 Å². The molecule has 6 heteroatoms. The van der Waals surface area contributed by atoms with E-state index in [0.717, 1.165) is 83.5 Å². The maximum atomic E-state index is 13.0. The highest BCUT2D eigenvalue weighted by molar-refractivity contribution is 5.81. The van der Waals surface area contributed by atoms with E-state index < -0.39 is 0 Å². The molecule has 4 rings (SSSR count). The summed E-state index contributed by atoms with van der Waals surface area (Å²) in [4.78, 5) is 32.0. The third-order valence-electron chi connectivity index (χ3n) is 6.87. The number of carbonyl (C=O) groups is 2. The highest BCUT2D eigenvalue weighted by Gasteiger charge is 2.35. The first kappa shape index (κ1) is 20.0. The van der Waals surface area contributed by atoms with Crippen LogP contribution in [0.3, 0.4) is 0 Å². The number of nitrogens with zero attached hydrogens (tertiary/aromatic N) is 3. The van der Waals surface area contributed by atoms with Crippen LogP contribution in [0.25, 0.3) is 0 Å². The van der Waals surface area contributed by atoms with Crippen LogP contribution in [-0.4, -0.2) is 68.0 Å². The van der Waals surface area contributed by atoms with Crippen molar-refractivity contribution in [3.05, 3.63) is 24.3 Å². The molecule has 0 atom stereocenters. The van der Waals surface area contributed by atoms with Crippen LogP contribution in [0.4, 0.5) is 5.69 Å². The van der Waals surface area contributed by atoms with Gasteiger partial charge in [-0.15, -0.1) is 0 Å². The summed E-state index contributed by atoms with van der Waals surface area (Å²) in [7, 11) is 1.68. The zero-order valence-electron chi connectivity index (χ0n) is 17.5. The van der Waals surface area contributed by atoms with Crippen LogP contribution in [0.2, 0.25) is 0 Å². The lowest BCUT2D eigenvalue weighted by molar-refractivity contribution is -0.141. The second-order valence-electron chi connectivity index (χ2n) is 8.59. The zero-order valence-corrected chi connectivity index (χ0v) is 17.5. The van der Waals surface area contributed by atoms with Gasteiger partial charge in [-0.2, -0.15) is 0 Å². The van der Waals surface area contributed by atoms with Gasteiger partial charge in [-0.25, -0.2) is 0 Å². The molecule has 0 N–H and O–H groups in total. The molecular weight excluding hydrogens is 366 g/mol. The van der Waals surface area contributed by atoms with E-state index in [2.05, 4.69) is 17.0 Å². The summed E-state index contributed by atoms with van der Waals surface area (Å²) in [6.07, 6.45) is 5.75. The van der Waals surface area contributed by atoms with Crippen molar-refractivity contribution in [2.45, 2.75) is 38.5 Å². The summed E-state index contributed by atoms with van der Waals surface area (Å²) >= 11 is 0. The monoisotopic (exact) mass is 399 g/mol. The Labute approximate surface area is 173 Å². The van der Waals surface area contributed by atoms with E-state index in [-0.39, 0.29) is 11.8 Å². The summed E-state index contributed by atoms with van der Waals surface area (Å²) in [5, 5.41) is 0. The normalized spacial score (nSPS) is 25.2. The van der Waals surface area contributed by atoms with E-state index in [1.54, 1.807) is 7.11 Å². The molecule has 2 saturated heterocycles. The number of anilines is 1. The molecule has 0 bridgehead atoms. The van der Waals surface area contributed by atoms with E-state index in [4.69, 9.17) is 4.74 Å². The predicted octanol–water partition coefficient (Wildman–Crippen LogP) is 2.77. The first-order valence-corrected chi connectivity index (χ1v) is 11.1. The first-order chi connectivity index (χ1) is 14.2. The number of benzene rings is 1. The number of piperazine rings is 1. The standard InChI is InChI=1S/C23H33N3O3/c1-29-21-10-8-20(9-11-21)24-14-16-26(17-15-24)23(28)19-6-4-18(5-7-19)22(27)25-12-2-3-13-25/h8-11,18-19H,2-7,12-17H2,1H3. The second kappa shape index (κ2) is 9.06. The van der Waals surface area contributed by atoms with Crippen molar-refractivity contribution in [1.82, 2.24) is 9.80 Å². The fourth-order valence-electron chi connectivity index (χ4n) is 5.02. The number of ether oxygens (including phenoxy) is 1. The van der Waals surface area contributed by atoms with Crippen molar-refractivity contribution in [3.8, 4) is 5.75 Å². The summed E-state index contributed by atoms with van der Waals surface area (Å²) in [6, 6.07) is 8.12. The minimum absolute atomic E-state index is 0.102. The molecule has 1 aromatic carbocycles. The second-order valence-corrected chi connectivity index (χ2v) is 8.59. The van der Waals surface area contributed by atoms with E-state index in [1.165, 1.54) is 5.69 Å². The molecule has 158 valence electrons. The van der Waals surface area contributed by atoms with Crippen LogP contribution in [0.5, 0.6) is 5.75 Å². The summed E-state index contributed by atoms with van der Waals surface area (Å²) < 4.78 is 5.23. The average Bonchev–Trinajstić information content (AvgIpc) is 3.33. The maximum absolute atomic E-state index is 13.0. The van der Waals surface area contributed by atoms with Gasteiger partial charge in [-0.3, -0.25) is 9.59 Å². The molecule has 3 fully saturated rings. The Balaban J connectivity index is 1.24. The molecule has 1 aromatic rings. The van der Waals surface area contributed by atoms with Gasteiger partial charge >= 0.3 is 0 Å². The number of rotatable bonds is 4. The topological polar surface area (TPSA) is 53.1 Å². The number of likely N-dealkylation sites (tertiary alicyclic amines) is 1. The molecule has 0 unspecified atom stereocenters. The smallest absolute Gasteiger partial charge is 0.225 e. The summed E-state index contributed by atoms with van der Waals surface area (Å²) in [5.74, 6) is 1.74. The highest BCUT2D eigenvalue weighted by Crippen LogP contribution is 2.32. The van der Waals surface area contributed by atoms with Crippen LogP contribution in [0.15, 0.2) is 24.3 Å². The van der Waals surface area contributed by atoms with Gasteiger partial charge in [0.05, 0.1) is 7.11 Å². The Morgan fingerprint density at radius 2 is 1.24 bits per heavy atom. The fraction of sp³-hybridized carbons (Fsp3) is 0.652. The van der Waals surface area contributed by atoms with Crippen LogP contribution in [-0.2, 0) is 9.59 Å². The van der Waals surface area contributed by atoms with Gasteiger partial charge < -0.3 is 19.4 Å².